The Kier molecular flexibility index (Phi) is 5.58. The number of aromatic carboxylic acids is 1. The second kappa shape index (κ2) is 7.17. The molecule has 0 bridgehead atoms. The number of pyridine rings is 1. The number of nitro groups is 1. The van der Waals surface area contributed by atoms with Crippen LogP contribution >= 0.6 is 0 Å². The van der Waals surface area contributed by atoms with Crippen molar-refractivity contribution in [3.05, 3.63) is 27.9 Å². The number of carboxylic acid groups (broad SMARTS) is 1. The highest BCUT2D eigenvalue weighted by molar-refractivity contribution is 5.89. The van der Waals surface area contributed by atoms with Gasteiger partial charge in [-0.2, -0.15) is 0 Å². The van der Waals surface area contributed by atoms with Crippen LogP contribution in [0.4, 0.5) is 11.5 Å². The van der Waals surface area contributed by atoms with Gasteiger partial charge in [-0.25, -0.2) is 9.78 Å². The summed E-state index contributed by atoms with van der Waals surface area (Å²) in [4.78, 5) is 36.1. The number of carbonyl (C=O) groups is 2. The van der Waals surface area contributed by atoms with Gasteiger partial charge in [0.2, 0.25) is 11.7 Å². The van der Waals surface area contributed by atoms with Gasteiger partial charge in [-0.1, -0.05) is 13.8 Å². The second-order valence-corrected chi connectivity index (χ2v) is 4.71. The maximum absolute atomic E-state index is 11.5. The van der Waals surface area contributed by atoms with E-state index in [1.54, 1.807) is 0 Å². The predicted octanol–water partition coefficient (Wildman–Crippen LogP) is 0.872. The summed E-state index contributed by atoms with van der Waals surface area (Å²) in [7, 11) is 0. The Morgan fingerprint density at radius 1 is 1.48 bits per heavy atom. The third-order valence-corrected chi connectivity index (χ3v) is 2.44. The van der Waals surface area contributed by atoms with Gasteiger partial charge in [0, 0.05) is 18.8 Å². The minimum Gasteiger partial charge on any atom is -0.478 e. The molecule has 9 nitrogen and oxygen atoms in total. The van der Waals surface area contributed by atoms with E-state index in [0.717, 1.165) is 12.3 Å². The van der Waals surface area contributed by atoms with Crippen LogP contribution in [0.5, 0.6) is 0 Å². The molecular formula is C12H16N4O5. The number of aromatic nitrogens is 1. The number of nitrogens with one attached hydrogen (secondary N) is 2. The molecule has 0 aromatic carbocycles. The van der Waals surface area contributed by atoms with Crippen LogP contribution in [0.2, 0.25) is 0 Å². The van der Waals surface area contributed by atoms with Gasteiger partial charge in [0.25, 0.3) is 0 Å². The lowest BCUT2D eigenvalue weighted by Crippen LogP contribution is -2.32. The smallest absolute Gasteiger partial charge is 0.337 e. The minimum atomic E-state index is -1.31. The molecule has 0 aliphatic heterocycles. The highest BCUT2D eigenvalue weighted by atomic mass is 16.6. The van der Waals surface area contributed by atoms with E-state index >= 15 is 0 Å². The third-order valence-electron chi connectivity index (χ3n) is 2.44. The first-order chi connectivity index (χ1) is 9.81. The minimum absolute atomic E-state index is 0.148. The summed E-state index contributed by atoms with van der Waals surface area (Å²) in [5, 5.41) is 24.8. The lowest BCUT2D eigenvalue weighted by atomic mass is 10.2. The molecule has 0 aliphatic rings. The van der Waals surface area contributed by atoms with Gasteiger partial charge in [-0.15, -0.1) is 0 Å². The van der Waals surface area contributed by atoms with E-state index in [1.807, 2.05) is 13.8 Å². The maximum Gasteiger partial charge on any atom is 0.337 e. The summed E-state index contributed by atoms with van der Waals surface area (Å²) in [5.74, 6) is -1.50. The predicted molar refractivity (Wildman–Crippen MR) is 74.2 cm³/mol. The lowest BCUT2D eigenvalue weighted by Gasteiger charge is -2.09. The van der Waals surface area contributed by atoms with E-state index in [-0.39, 0.29) is 29.8 Å². The number of carbonyl (C=O) groups excluding carboxylic acids is 1. The van der Waals surface area contributed by atoms with Gasteiger partial charge in [0.15, 0.2) is 0 Å². The Hall–Kier alpha value is -2.71. The molecule has 1 aromatic rings. The van der Waals surface area contributed by atoms with Crippen molar-refractivity contribution < 1.29 is 19.6 Å². The van der Waals surface area contributed by atoms with Crippen molar-refractivity contribution in [1.82, 2.24) is 10.3 Å². The number of hydrogen-bond acceptors (Lipinski definition) is 6. The van der Waals surface area contributed by atoms with Crippen molar-refractivity contribution in [2.75, 3.05) is 18.4 Å². The molecule has 1 amide bonds. The first kappa shape index (κ1) is 16.3. The van der Waals surface area contributed by atoms with Crippen molar-refractivity contribution in [1.29, 1.82) is 0 Å². The van der Waals surface area contributed by atoms with Crippen molar-refractivity contribution in [3.8, 4) is 0 Å². The number of hydrogen-bond donors (Lipinski definition) is 3. The molecule has 0 fully saturated rings. The van der Waals surface area contributed by atoms with Gasteiger partial charge < -0.3 is 15.7 Å². The normalized spacial score (nSPS) is 10.2. The highest BCUT2D eigenvalue weighted by Crippen LogP contribution is 2.22. The lowest BCUT2D eigenvalue weighted by molar-refractivity contribution is -0.384. The van der Waals surface area contributed by atoms with Crippen LogP contribution in [0, 0.1) is 16.0 Å². The van der Waals surface area contributed by atoms with Gasteiger partial charge in [-0.3, -0.25) is 14.9 Å². The standard InChI is InChI=1S/C12H16N4O5/c1-7(2)4-13-10(17)6-15-11-9(16(20)21)3-8(5-14-11)12(18)19/h3,5,7H,4,6H2,1-2H3,(H,13,17)(H,14,15)(H,18,19). The van der Waals surface area contributed by atoms with Crippen molar-refractivity contribution in [2.24, 2.45) is 5.92 Å². The zero-order chi connectivity index (χ0) is 16.0. The Bertz CT molecular complexity index is 559. The quantitative estimate of drug-likeness (QED) is 0.502. The average molecular weight is 296 g/mol. The molecular weight excluding hydrogens is 280 g/mol. The van der Waals surface area contributed by atoms with Crippen LogP contribution < -0.4 is 10.6 Å². The summed E-state index contributed by atoms with van der Waals surface area (Å²) >= 11 is 0. The van der Waals surface area contributed by atoms with Crippen molar-refractivity contribution in [2.45, 2.75) is 13.8 Å². The molecule has 21 heavy (non-hydrogen) atoms. The van der Waals surface area contributed by atoms with E-state index in [1.165, 1.54) is 0 Å². The van der Waals surface area contributed by atoms with Crippen LogP contribution in [0.15, 0.2) is 12.3 Å². The molecule has 0 saturated carbocycles. The molecule has 0 spiro atoms. The van der Waals surface area contributed by atoms with Gasteiger partial charge in [0.05, 0.1) is 17.0 Å². The van der Waals surface area contributed by atoms with Crippen molar-refractivity contribution in [3.63, 3.8) is 0 Å². The second-order valence-electron chi connectivity index (χ2n) is 4.71. The topological polar surface area (TPSA) is 134 Å². The van der Waals surface area contributed by atoms with Crippen LogP contribution in [0.25, 0.3) is 0 Å². The Labute approximate surface area is 120 Å². The van der Waals surface area contributed by atoms with E-state index in [0.29, 0.717) is 6.54 Å². The molecule has 0 atom stereocenters. The van der Waals surface area contributed by atoms with E-state index in [4.69, 9.17) is 5.11 Å². The Morgan fingerprint density at radius 3 is 2.67 bits per heavy atom. The third kappa shape index (κ3) is 5.05. The first-order valence-electron chi connectivity index (χ1n) is 6.19. The fraction of sp³-hybridized carbons (Fsp3) is 0.417. The van der Waals surface area contributed by atoms with Crippen molar-refractivity contribution >= 4 is 23.4 Å². The number of amides is 1. The van der Waals surface area contributed by atoms with Gasteiger partial charge in [-0.05, 0) is 5.92 Å². The molecule has 0 aliphatic carbocycles. The molecule has 114 valence electrons. The van der Waals surface area contributed by atoms with Gasteiger partial charge >= 0.3 is 11.7 Å². The van der Waals surface area contributed by atoms with E-state index < -0.39 is 16.6 Å². The molecule has 0 saturated heterocycles. The van der Waals surface area contributed by atoms with E-state index in [2.05, 4.69) is 15.6 Å². The highest BCUT2D eigenvalue weighted by Gasteiger charge is 2.19. The molecule has 0 unspecified atom stereocenters. The van der Waals surface area contributed by atoms with Crippen LogP contribution in [0.3, 0.4) is 0 Å². The monoisotopic (exact) mass is 296 g/mol. The van der Waals surface area contributed by atoms with Crippen LogP contribution in [-0.2, 0) is 4.79 Å². The van der Waals surface area contributed by atoms with E-state index in [9.17, 15) is 19.7 Å². The fourth-order valence-corrected chi connectivity index (χ4v) is 1.39. The molecule has 1 aromatic heterocycles. The van der Waals surface area contributed by atoms with Crippen LogP contribution in [-0.4, -0.2) is 40.0 Å². The average Bonchev–Trinajstić information content (AvgIpc) is 2.42. The largest absolute Gasteiger partial charge is 0.478 e. The summed E-state index contributed by atoms with van der Waals surface area (Å²) in [6.07, 6.45) is 0.990. The Morgan fingerprint density at radius 2 is 2.14 bits per heavy atom. The SMILES string of the molecule is CC(C)CNC(=O)CNc1ncc(C(=O)O)cc1[N+](=O)[O-]. The maximum atomic E-state index is 11.5. The molecule has 3 N–H and O–H groups in total. The summed E-state index contributed by atoms with van der Waals surface area (Å²) in [5.41, 5.74) is -0.789. The van der Waals surface area contributed by atoms with Gasteiger partial charge in [0.1, 0.15) is 0 Å². The number of rotatable bonds is 7. The molecule has 1 rings (SSSR count). The molecule has 1 heterocycles. The summed E-state index contributed by atoms with van der Waals surface area (Å²) in [6.45, 7) is 4.18. The fourth-order valence-electron chi connectivity index (χ4n) is 1.39. The summed E-state index contributed by atoms with van der Waals surface area (Å²) in [6, 6.07) is 0.893. The first-order valence-corrected chi connectivity index (χ1v) is 6.19. The van der Waals surface area contributed by atoms with Crippen LogP contribution in [0.1, 0.15) is 24.2 Å². The summed E-state index contributed by atoms with van der Waals surface area (Å²) < 4.78 is 0. The molecule has 0 radical (unpaired) electrons. The number of carboxylic acids is 1. The molecule has 9 heteroatoms. The zero-order valence-corrected chi connectivity index (χ0v) is 11.6. The number of anilines is 1. The number of nitrogens with zero attached hydrogens (tertiary/aromatic N) is 2. The Balaban J connectivity index is 2.77. The zero-order valence-electron chi connectivity index (χ0n) is 11.6.